The second kappa shape index (κ2) is 4.95. The van der Waals surface area contributed by atoms with Crippen molar-refractivity contribution in [1.82, 2.24) is 4.98 Å². The van der Waals surface area contributed by atoms with Gasteiger partial charge in [0.2, 0.25) is 0 Å². The minimum atomic E-state index is 1.18. The molecule has 0 fully saturated rings. The molecule has 0 bridgehead atoms. The zero-order valence-corrected chi connectivity index (χ0v) is 11.6. The van der Waals surface area contributed by atoms with Crippen LogP contribution in [0.5, 0.6) is 0 Å². The number of H-pyrrole nitrogens is 1. The molecule has 1 aromatic heterocycles. The van der Waals surface area contributed by atoms with Gasteiger partial charge in [-0.15, -0.1) is 0 Å². The van der Waals surface area contributed by atoms with Crippen molar-refractivity contribution < 1.29 is 0 Å². The van der Waals surface area contributed by atoms with E-state index in [2.05, 4.69) is 83.8 Å². The van der Waals surface area contributed by atoms with E-state index >= 15 is 0 Å². The monoisotopic (exact) mass is 269 g/mol. The van der Waals surface area contributed by atoms with Crippen LogP contribution in [0.3, 0.4) is 0 Å². The van der Waals surface area contributed by atoms with Crippen molar-refractivity contribution >= 4 is 10.9 Å². The van der Waals surface area contributed by atoms with Crippen molar-refractivity contribution in [3.63, 3.8) is 0 Å². The van der Waals surface area contributed by atoms with Gasteiger partial charge in [0.15, 0.2) is 0 Å². The van der Waals surface area contributed by atoms with Crippen molar-refractivity contribution in [2.75, 3.05) is 0 Å². The molecule has 0 aliphatic carbocycles. The molecular formula is C20H15N. The first-order valence-electron chi connectivity index (χ1n) is 7.14. The van der Waals surface area contributed by atoms with Crippen LogP contribution in [-0.4, -0.2) is 4.98 Å². The fraction of sp³-hybridized carbons (Fsp3) is 0. The van der Waals surface area contributed by atoms with Crippen molar-refractivity contribution in [1.29, 1.82) is 0 Å². The van der Waals surface area contributed by atoms with Gasteiger partial charge in [0, 0.05) is 17.1 Å². The van der Waals surface area contributed by atoms with Crippen molar-refractivity contribution in [3.8, 4) is 22.3 Å². The SMILES string of the molecule is c1ccc(-c2ccccc2-c2cccc3[nH]ccc23)cc1. The van der Waals surface area contributed by atoms with E-state index in [1.165, 1.54) is 33.2 Å². The molecule has 0 saturated heterocycles. The fourth-order valence-corrected chi connectivity index (χ4v) is 2.91. The summed E-state index contributed by atoms with van der Waals surface area (Å²) in [6.45, 7) is 0. The third kappa shape index (κ3) is 2.03. The minimum Gasteiger partial charge on any atom is -0.361 e. The molecule has 0 spiro atoms. The van der Waals surface area contributed by atoms with Crippen LogP contribution in [-0.2, 0) is 0 Å². The third-order valence-corrected chi connectivity index (χ3v) is 3.90. The Bertz CT molecular complexity index is 888. The van der Waals surface area contributed by atoms with E-state index in [9.17, 15) is 0 Å². The highest BCUT2D eigenvalue weighted by molar-refractivity contribution is 5.99. The quantitative estimate of drug-likeness (QED) is 0.494. The number of aromatic nitrogens is 1. The summed E-state index contributed by atoms with van der Waals surface area (Å²) in [5, 5.41) is 1.26. The van der Waals surface area contributed by atoms with E-state index in [1.807, 2.05) is 6.20 Å². The zero-order valence-electron chi connectivity index (χ0n) is 11.6. The maximum Gasteiger partial charge on any atom is 0.0460 e. The third-order valence-electron chi connectivity index (χ3n) is 3.90. The highest BCUT2D eigenvalue weighted by Crippen LogP contribution is 2.35. The summed E-state index contributed by atoms with van der Waals surface area (Å²) in [5.74, 6) is 0. The molecule has 4 rings (SSSR count). The summed E-state index contributed by atoms with van der Waals surface area (Å²) in [6, 6.07) is 27.7. The van der Waals surface area contributed by atoms with Gasteiger partial charge in [-0.05, 0) is 34.4 Å². The van der Waals surface area contributed by atoms with Crippen molar-refractivity contribution in [3.05, 3.63) is 85.1 Å². The van der Waals surface area contributed by atoms with E-state index in [-0.39, 0.29) is 0 Å². The van der Waals surface area contributed by atoms with Crippen LogP contribution in [0.15, 0.2) is 85.1 Å². The predicted octanol–water partition coefficient (Wildman–Crippen LogP) is 5.50. The number of nitrogens with one attached hydrogen (secondary N) is 1. The maximum atomic E-state index is 3.29. The summed E-state index contributed by atoms with van der Waals surface area (Å²) >= 11 is 0. The number of hydrogen-bond donors (Lipinski definition) is 1. The van der Waals surface area contributed by atoms with E-state index in [4.69, 9.17) is 0 Å². The van der Waals surface area contributed by atoms with Crippen molar-refractivity contribution in [2.24, 2.45) is 0 Å². The first kappa shape index (κ1) is 12.0. The maximum absolute atomic E-state index is 3.29. The first-order chi connectivity index (χ1) is 10.4. The molecule has 0 aliphatic heterocycles. The molecule has 0 radical (unpaired) electrons. The average molecular weight is 269 g/mol. The van der Waals surface area contributed by atoms with E-state index < -0.39 is 0 Å². The van der Waals surface area contributed by atoms with Gasteiger partial charge in [0.25, 0.3) is 0 Å². The lowest BCUT2D eigenvalue weighted by atomic mass is 9.93. The standard InChI is InChI=1S/C20H15N/c1-2-7-15(8-3-1)16-9-4-5-10-17(16)18-11-6-12-20-19(18)13-14-21-20/h1-14,21H. The minimum absolute atomic E-state index is 1.18. The second-order valence-corrected chi connectivity index (χ2v) is 5.16. The Hall–Kier alpha value is -2.80. The molecule has 0 amide bonds. The fourth-order valence-electron chi connectivity index (χ4n) is 2.91. The van der Waals surface area contributed by atoms with Gasteiger partial charge in [0.05, 0.1) is 0 Å². The van der Waals surface area contributed by atoms with Crippen LogP contribution < -0.4 is 0 Å². The molecule has 0 unspecified atom stereocenters. The molecule has 0 aliphatic rings. The Balaban J connectivity index is 2.00. The lowest BCUT2D eigenvalue weighted by molar-refractivity contribution is 1.48. The van der Waals surface area contributed by atoms with E-state index in [0.717, 1.165) is 0 Å². The molecule has 0 saturated carbocycles. The van der Waals surface area contributed by atoms with Crippen LogP contribution in [0.2, 0.25) is 0 Å². The van der Waals surface area contributed by atoms with Crippen LogP contribution in [0.4, 0.5) is 0 Å². The topological polar surface area (TPSA) is 15.8 Å². The molecule has 1 heteroatoms. The Kier molecular flexibility index (Phi) is 2.82. The summed E-state index contributed by atoms with van der Waals surface area (Å²) in [4.78, 5) is 3.29. The molecule has 1 nitrogen and oxygen atoms in total. The molecule has 100 valence electrons. The summed E-state index contributed by atoms with van der Waals surface area (Å²) < 4.78 is 0. The van der Waals surface area contributed by atoms with Gasteiger partial charge >= 0.3 is 0 Å². The van der Waals surface area contributed by atoms with Crippen LogP contribution in [0.25, 0.3) is 33.2 Å². The Morgan fingerprint density at radius 3 is 2.10 bits per heavy atom. The van der Waals surface area contributed by atoms with Crippen molar-refractivity contribution in [2.45, 2.75) is 0 Å². The smallest absolute Gasteiger partial charge is 0.0460 e. The number of benzene rings is 3. The number of hydrogen-bond acceptors (Lipinski definition) is 0. The number of aromatic amines is 1. The lowest BCUT2D eigenvalue weighted by Crippen LogP contribution is -1.85. The Labute approximate surface area is 123 Å². The Morgan fingerprint density at radius 1 is 0.524 bits per heavy atom. The molecule has 3 aromatic carbocycles. The highest BCUT2D eigenvalue weighted by Gasteiger charge is 2.09. The largest absolute Gasteiger partial charge is 0.361 e. The average Bonchev–Trinajstić information content (AvgIpc) is 3.04. The van der Waals surface area contributed by atoms with Crippen LogP contribution >= 0.6 is 0 Å². The molecule has 21 heavy (non-hydrogen) atoms. The predicted molar refractivity (Wildman–Crippen MR) is 89.2 cm³/mol. The number of rotatable bonds is 2. The molecule has 1 heterocycles. The van der Waals surface area contributed by atoms with E-state index in [1.54, 1.807) is 0 Å². The van der Waals surface area contributed by atoms with Gasteiger partial charge in [-0.1, -0.05) is 66.7 Å². The number of fused-ring (bicyclic) bond motifs is 1. The van der Waals surface area contributed by atoms with Crippen LogP contribution in [0, 0.1) is 0 Å². The molecule has 0 atom stereocenters. The lowest BCUT2D eigenvalue weighted by Gasteiger charge is -2.11. The van der Waals surface area contributed by atoms with Gasteiger partial charge in [-0.25, -0.2) is 0 Å². The normalized spacial score (nSPS) is 10.9. The van der Waals surface area contributed by atoms with Crippen LogP contribution in [0.1, 0.15) is 0 Å². The Morgan fingerprint density at radius 2 is 1.24 bits per heavy atom. The summed E-state index contributed by atoms with van der Waals surface area (Å²) in [7, 11) is 0. The molecular weight excluding hydrogens is 254 g/mol. The molecule has 4 aromatic rings. The zero-order chi connectivity index (χ0) is 14.1. The first-order valence-corrected chi connectivity index (χ1v) is 7.14. The molecule has 1 N–H and O–H groups in total. The highest BCUT2D eigenvalue weighted by atomic mass is 14.7. The van der Waals surface area contributed by atoms with E-state index in [0.29, 0.717) is 0 Å². The summed E-state index contributed by atoms with van der Waals surface area (Å²) in [6.07, 6.45) is 2.00. The van der Waals surface area contributed by atoms with Gasteiger partial charge < -0.3 is 4.98 Å². The van der Waals surface area contributed by atoms with Gasteiger partial charge in [0.1, 0.15) is 0 Å². The van der Waals surface area contributed by atoms with Gasteiger partial charge in [-0.2, -0.15) is 0 Å². The van der Waals surface area contributed by atoms with Gasteiger partial charge in [-0.3, -0.25) is 0 Å². The summed E-state index contributed by atoms with van der Waals surface area (Å²) in [5.41, 5.74) is 6.24. The second-order valence-electron chi connectivity index (χ2n) is 5.16.